The van der Waals surface area contributed by atoms with Crippen molar-refractivity contribution in [2.75, 3.05) is 11.4 Å². The summed E-state index contributed by atoms with van der Waals surface area (Å²) < 4.78 is 13.3. The summed E-state index contributed by atoms with van der Waals surface area (Å²) in [6.45, 7) is 7.21. The van der Waals surface area contributed by atoms with Gasteiger partial charge in [-0.3, -0.25) is 4.90 Å². The molecule has 0 fully saturated rings. The molecule has 116 valence electrons. The van der Waals surface area contributed by atoms with Gasteiger partial charge in [0.25, 0.3) is 0 Å². The molecular formula is C15H21FN2O3. The monoisotopic (exact) mass is 296 g/mol. The van der Waals surface area contributed by atoms with E-state index in [2.05, 4.69) is 5.32 Å². The Morgan fingerprint density at radius 3 is 2.43 bits per heavy atom. The number of benzene rings is 1. The number of carbonyl (C=O) groups excluding carboxylic acids is 1. The maximum absolute atomic E-state index is 13.3. The van der Waals surface area contributed by atoms with Crippen LogP contribution < -0.4 is 10.2 Å². The van der Waals surface area contributed by atoms with Crippen molar-refractivity contribution in [1.29, 1.82) is 0 Å². The Morgan fingerprint density at radius 2 is 2.00 bits per heavy atom. The zero-order valence-electron chi connectivity index (χ0n) is 12.7. The molecule has 0 aliphatic rings. The lowest BCUT2D eigenvalue weighted by Crippen LogP contribution is -2.53. The van der Waals surface area contributed by atoms with Gasteiger partial charge in [-0.05, 0) is 30.5 Å². The van der Waals surface area contributed by atoms with Crippen LogP contribution in [0.4, 0.5) is 14.9 Å². The van der Waals surface area contributed by atoms with Crippen molar-refractivity contribution in [3.63, 3.8) is 0 Å². The Bertz CT molecular complexity index is 526. The zero-order valence-corrected chi connectivity index (χ0v) is 12.7. The van der Waals surface area contributed by atoms with Crippen LogP contribution in [0, 0.1) is 11.2 Å². The highest BCUT2D eigenvalue weighted by Gasteiger charge is 2.33. The van der Waals surface area contributed by atoms with E-state index in [9.17, 15) is 19.1 Å². The van der Waals surface area contributed by atoms with Gasteiger partial charge in [-0.2, -0.15) is 0 Å². The number of nitrogens with zero attached hydrogens (tertiary/aromatic N) is 1. The van der Waals surface area contributed by atoms with E-state index in [1.165, 1.54) is 23.1 Å². The van der Waals surface area contributed by atoms with Gasteiger partial charge in [-0.15, -0.1) is 0 Å². The minimum absolute atomic E-state index is 0.297. The number of anilines is 1. The lowest BCUT2D eigenvalue weighted by Gasteiger charge is -2.30. The fraction of sp³-hybridized carbons (Fsp3) is 0.467. The Balaban J connectivity index is 2.96. The van der Waals surface area contributed by atoms with Crippen LogP contribution in [-0.4, -0.2) is 29.7 Å². The van der Waals surface area contributed by atoms with Crippen molar-refractivity contribution in [3.05, 3.63) is 30.1 Å². The second kappa shape index (κ2) is 6.56. The number of carboxylic acids is 1. The Morgan fingerprint density at radius 1 is 1.38 bits per heavy atom. The van der Waals surface area contributed by atoms with Crippen molar-refractivity contribution in [1.82, 2.24) is 5.32 Å². The third-order valence-electron chi connectivity index (χ3n) is 3.06. The molecule has 0 spiro atoms. The maximum Gasteiger partial charge on any atom is 0.326 e. The molecule has 0 unspecified atom stereocenters. The minimum Gasteiger partial charge on any atom is -0.480 e. The van der Waals surface area contributed by atoms with Crippen LogP contribution in [0.2, 0.25) is 0 Å². The summed E-state index contributed by atoms with van der Waals surface area (Å²) in [7, 11) is 0. The molecule has 0 saturated carbocycles. The number of halogens is 1. The van der Waals surface area contributed by atoms with Gasteiger partial charge in [-0.1, -0.05) is 26.8 Å². The van der Waals surface area contributed by atoms with Crippen LogP contribution in [-0.2, 0) is 4.79 Å². The molecule has 1 atom stereocenters. The summed E-state index contributed by atoms with van der Waals surface area (Å²) in [6.07, 6.45) is 0. The normalized spacial score (nSPS) is 12.6. The number of hydrogen-bond acceptors (Lipinski definition) is 2. The second-order valence-electron chi connectivity index (χ2n) is 5.81. The van der Waals surface area contributed by atoms with Crippen LogP contribution >= 0.6 is 0 Å². The predicted octanol–water partition coefficient (Wildman–Crippen LogP) is 2.86. The summed E-state index contributed by atoms with van der Waals surface area (Å²) in [6, 6.07) is 4.01. The molecule has 5 nitrogen and oxygen atoms in total. The van der Waals surface area contributed by atoms with Gasteiger partial charge in [-0.25, -0.2) is 14.0 Å². The van der Waals surface area contributed by atoms with Crippen molar-refractivity contribution in [3.8, 4) is 0 Å². The molecular weight excluding hydrogens is 275 g/mol. The average Bonchev–Trinajstić information content (AvgIpc) is 2.35. The van der Waals surface area contributed by atoms with Crippen molar-refractivity contribution in [2.24, 2.45) is 5.41 Å². The number of hydrogen-bond donors (Lipinski definition) is 2. The molecule has 6 heteroatoms. The van der Waals surface area contributed by atoms with Gasteiger partial charge in [0, 0.05) is 12.2 Å². The van der Waals surface area contributed by atoms with Crippen molar-refractivity contribution >= 4 is 17.7 Å². The summed E-state index contributed by atoms with van der Waals surface area (Å²) in [5, 5.41) is 11.7. The highest BCUT2D eigenvalue weighted by atomic mass is 19.1. The number of amides is 2. The highest BCUT2D eigenvalue weighted by molar-refractivity contribution is 5.94. The molecule has 1 aromatic carbocycles. The first-order valence-corrected chi connectivity index (χ1v) is 6.73. The molecule has 0 aromatic heterocycles. The Kier molecular flexibility index (Phi) is 5.29. The number of urea groups is 1. The second-order valence-corrected chi connectivity index (χ2v) is 5.81. The summed E-state index contributed by atoms with van der Waals surface area (Å²) >= 11 is 0. The Hall–Kier alpha value is -2.11. The molecule has 0 aliphatic heterocycles. The third kappa shape index (κ3) is 4.44. The van der Waals surface area contributed by atoms with Crippen LogP contribution in [0.1, 0.15) is 27.7 Å². The first kappa shape index (κ1) is 16.9. The average molecular weight is 296 g/mol. The molecule has 2 N–H and O–H groups in total. The largest absolute Gasteiger partial charge is 0.480 e. The van der Waals surface area contributed by atoms with E-state index >= 15 is 0 Å². The van der Waals surface area contributed by atoms with Crippen LogP contribution in [0.5, 0.6) is 0 Å². The maximum atomic E-state index is 13.3. The van der Waals surface area contributed by atoms with Gasteiger partial charge < -0.3 is 10.4 Å². The van der Waals surface area contributed by atoms with E-state index in [4.69, 9.17) is 0 Å². The summed E-state index contributed by atoms with van der Waals surface area (Å²) in [5.41, 5.74) is -0.254. The molecule has 0 saturated heterocycles. The fourth-order valence-corrected chi connectivity index (χ4v) is 1.94. The highest BCUT2D eigenvalue weighted by Crippen LogP contribution is 2.21. The number of aliphatic carboxylic acids is 1. The van der Waals surface area contributed by atoms with Crippen LogP contribution in [0.25, 0.3) is 0 Å². The molecule has 0 heterocycles. The first-order chi connectivity index (χ1) is 9.66. The van der Waals surface area contributed by atoms with Gasteiger partial charge in [0.2, 0.25) is 0 Å². The molecule has 0 aliphatic carbocycles. The van der Waals surface area contributed by atoms with Gasteiger partial charge in [0.05, 0.1) is 0 Å². The Labute approximate surface area is 123 Å². The first-order valence-electron chi connectivity index (χ1n) is 6.73. The van der Waals surface area contributed by atoms with Crippen LogP contribution in [0.3, 0.4) is 0 Å². The van der Waals surface area contributed by atoms with E-state index < -0.39 is 29.3 Å². The van der Waals surface area contributed by atoms with E-state index in [1.54, 1.807) is 33.8 Å². The number of carbonyl (C=O) groups is 2. The van der Waals surface area contributed by atoms with Crippen molar-refractivity contribution in [2.45, 2.75) is 33.7 Å². The molecule has 1 aromatic rings. The lowest BCUT2D eigenvalue weighted by molar-refractivity contribution is -0.141. The predicted molar refractivity (Wildman–Crippen MR) is 78.8 cm³/mol. The number of nitrogens with one attached hydrogen (secondary N) is 1. The smallest absolute Gasteiger partial charge is 0.326 e. The molecule has 0 radical (unpaired) electrons. The molecule has 21 heavy (non-hydrogen) atoms. The zero-order chi connectivity index (χ0) is 16.2. The third-order valence-corrected chi connectivity index (χ3v) is 3.06. The van der Waals surface area contributed by atoms with Gasteiger partial charge in [0.1, 0.15) is 11.9 Å². The van der Waals surface area contributed by atoms with E-state index in [-0.39, 0.29) is 0 Å². The van der Waals surface area contributed by atoms with Gasteiger partial charge >= 0.3 is 12.0 Å². The van der Waals surface area contributed by atoms with Crippen molar-refractivity contribution < 1.29 is 19.1 Å². The fourth-order valence-electron chi connectivity index (χ4n) is 1.94. The lowest BCUT2D eigenvalue weighted by atomic mass is 9.87. The van der Waals surface area contributed by atoms with E-state index in [1.807, 2.05) is 0 Å². The SMILES string of the molecule is CCN(C(=O)N[C@H](C(=O)O)C(C)(C)C)c1cccc(F)c1. The van der Waals surface area contributed by atoms with Gasteiger partial charge in [0.15, 0.2) is 0 Å². The van der Waals surface area contributed by atoms with E-state index in [0.29, 0.717) is 12.2 Å². The number of rotatable bonds is 4. The standard InChI is InChI=1S/C15H21FN2O3/c1-5-18(11-8-6-7-10(16)9-11)14(21)17-12(13(19)20)15(2,3)4/h6-9,12H,5H2,1-4H3,(H,17,21)(H,19,20)/t12-/m1/s1. The molecule has 1 rings (SSSR count). The quantitative estimate of drug-likeness (QED) is 0.897. The molecule has 2 amide bonds. The van der Waals surface area contributed by atoms with Crippen LogP contribution in [0.15, 0.2) is 24.3 Å². The molecule has 0 bridgehead atoms. The minimum atomic E-state index is -1.11. The van der Waals surface area contributed by atoms with E-state index in [0.717, 1.165) is 0 Å². The summed E-state index contributed by atoms with van der Waals surface area (Å²) in [4.78, 5) is 24.9. The summed E-state index contributed by atoms with van der Waals surface area (Å²) in [5.74, 6) is -1.56. The number of carboxylic acid groups (broad SMARTS) is 1. The topological polar surface area (TPSA) is 69.6 Å².